The lowest BCUT2D eigenvalue weighted by Gasteiger charge is -1.94. The Bertz CT molecular complexity index is 699. The van der Waals surface area contributed by atoms with Crippen molar-refractivity contribution in [2.45, 2.75) is 18.4 Å². The van der Waals surface area contributed by atoms with Crippen LogP contribution < -0.4 is 5.56 Å². The van der Waals surface area contributed by atoms with E-state index in [0.29, 0.717) is 17.4 Å². The van der Waals surface area contributed by atoms with Crippen molar-refractivity contribution in [1.29, 1.82) is 0 Å². The van der Waals surface area contributed by atoms with Crippen LogP contribution in [0.1, 0.15) is 6.92 Å². The summed E-state index contributed by atoms with van der Waals surface area (Å²) in [5.41, 5.74) is 0.296. The number of aromatic nitrogens is 2. The predicted octanol–water partition coefficient (Wildman–Crippen LogP) is 1.28. The van der Waals surface area contributed by atoms with E-state index < -0.39 is 9.05 Å². The molecule has 0 aliphatic rings. The molecule has 16 heavy (non-hydrogen) atoms. The van der Waals surface area contributed by atoms with Gasteiger partial charge in [-0.3, -0.25) is 14.6 Å². The van der Waals surface area contributed by atoms with Crippen LogP contribution in [0.3, 0.4) is 0 Å². The van der Waals surface area contributed by atoms with E-state index in [9.17, 15) is 13.2 Å². The number of H-pyrrole nitrogens is 1. The largest absolute Gasteiger partial charge is 0.295 e. The number of aryl methyl sites for hydroxylation is 1. The Labute approximate surface area is 96.0 Å². The first kappa shape index (κ1) is 11.2. The van der Waals surface area contributed by atoms with Crippen molar-refractivity contribution in [2.75, 3.05) is 0 Å². The second kappa shape index (κ2) is 3.64. The van der Waals surface area contributed by atoms with Gasteiger partial charge >= 0.3 is 0 Å². The van der Waals surface area contributed by atoms with Crippen molar-refractivity contribution in [1.82, 2.24) is 9.78 Å². The highest BCUT2D eigenvalue weighted by Gasteiger charge is 2.13. The van der Waals surface area contributed by atoms with Crippen molar-refractivity contribution in [3.8, 4) is 0 Å². The summed E-state index contributed by atoms with van der Waals surface area (Å²) in [5.74, 6) is 0. The number of hydrogen-bond acceptors (Lipinski definition) is 3. The van der Waals surface area contributed by atoms with Gasteiger partial charge in [-0.2, -0.15) is 0 Å². The molecule has 0 unspecified atom stereocenters. The second-order valence-corrected chi connectivity index (χ2v) is 5.87. The molecule has 0 spiro atoms. The number of hydrogen-bond donors (Lipinski definition) is 1. The van der Waals surface area contributed by atoms with Crippen molar-refractivity contribution >= 4 is 30.6 Å². The van der Waals surface area contributed by atoms with Gasteiger partial charge < -0.3 is 0 Å². The van der Waals surface area contributed by atoms with E-state index in [-0.39, 0.29) is 10.5 Å². The van der Waals surface area contributed by atoms with Crippen LogP contribution in [0, 0.1) is 0 Å². The molecule has 0 aliphatic heterocycles. The molecule has 0 saturated heterocycles. The molecular formula is C9H9ClN2O3S. The molecule has 2 rings (SSSR count). The molecular weight excluding hydrogens is 252 g/mol. The number of nitrogens with one attached hydrogen (secondary N) is 1. The van der Waals surface area contributed by atoms with Gasteiger partial charge in [-0.15, -0.1) is 0 Å². The average molecular weight is 261 g/mol. The number of halogens is 1. The van der Waals surface area contributed by atoms with Crippen LogP contribution in [0.2, 0.25) is 0 Å². The number of aromatic amines is 1. The molecule has 0 amide bonds. The average Bonchev–Trinajstić information content (AvgIpc) is 2.54. The number of fused-ring (bicyclic) bond motifs is 1. The molecule has 0 atom stereocenters. The number of benzene rings is 1. The first-order valence-corrected chi connectivity index (χ1v) is 6.91. The molecule has 0 bridgehead atoms. The molecule has 0 aliphatic carbocycles. The monoisotopic (exact) mass is 260 g/mol. The normalized spacial score (nSPS) is 12.1. The van der Waals surface area contributed by atoms with E-state index >= 15 is 0 Å². The highest BCUT2D eigenvalue weighted by molar-refractivity contribution is 8.13. The maximum Gasteiger partial charge on any atom is 0.274 e. The lowest BCUT2D eigenvalue weighted by atomic mass is 10.2. The van der Waals surface area contributed by atoms with Crippen LogP contribution in [0.15, 0.2) is 27.9 Å². The van der Waals surface area contributed by atoms with Gasteiger partial charge in [0.05, 0.1) is 15.8 Å². The standard InChI is InChI=1S/C9H9ClN2O3S/c1-2-12-9(13)7-4-3-6(16(10,14)15)5-8(7)11-12/h3-5,11H,2H2,1H3. The molecule has 1 aromatic heterocycles. The molecule has 86 valence electrons. The summed E-state index contributed by atoms with van der Waals surface area (Å²) in [4.78, 5) is 11.6. The zero-order valence-electron chi connectivity index (χ0n) is 8.40. The van der Waals surface area contributed by atoms with E-state index in [1.807, 2.05) is 6.92 Å². The maximum atomic E-state index is 11.7. The van der Waals surface area contributed by atoms with Crippen molar-refractivity contribution in [3.63, 3.8) is 0 Å². The first-order chi connectivity index (χ1) is 7.43. The minimum Gasteiger partial charge on any atom is -0.295 e. The van der Waals surface area contributed by atoms with Crippen LogP contribution >= 0.6 is 10.7 Å². The number of nitrogens with zero attached hydrogens (tertiary/aromatic N) is 1. The van der Waals surface area contributed by atoms with Crippen LogP contribution in [0.4, 0.5) is 0 Å². The zero-order chi connectivity index (χ0) is 11.9. The van der Waals surface area contributed by atoms with Gasteiger partial charge in [0.25, 0.3) is 14.6 Å². The summed E-state index contributed by atoms with van der Waals surface area (Å²) in [6.07, 6.45) is 0. The molecule has 0 radical (unpaired) electrons. The topological polar surface area (TPSA) is 71.9 Å². The Kier molecular flexibility index (Phi) is 2.55. The van der Waals surface area contributed by atoms with Gasteiger partial charge in [0.1, 0.15) is 0 Å². The number of rotatable bonds is 2. The summed E-state index contributed by atoms with van der Waals surface area (Å²) < 4.78 is 23.6. The fourth-order valence-corrected chi connectivity index (χ4v) is 2.30. The van der Waals surface area contributed by atoms with E-state index in [4.69, 9.17) is 10.7 Å². The van der Waals surface area contributed by atoms with E-state index in [1.165, 1.54) is 22.9 Å². The maximum absolute atomic E-state index is 11.7. The predicted molar refractivity (Wildman–Crippen MR) is 61.3 cm³/mol. The van der Waals surface area contributed by atoms with E-state index in [1.54, 1.807) is 0 Å². The van der Waals surface area contributed by atoms with Gasteiger partial charge in [0, 0.05) is 17.2 Å². The van der Waals surface area contributed by atoms with Crippen molar-refractivity contribution in [2.24, 2.45) is 0 Å². The fourth-order valence-electron chi connectivity index (χ4n) is 1.52. The van der Waals surface area contributed by atoms with Crippen LogP contribution in [0.25, 0.3) is 10.9 Å². The lowest BCUT2D eigenvalue weighted by Crippen LogP contribution is -2.14. The third-order valence-corrected chi connectivity index (χ3v) is 3.67. The van der Waals surface area contributed by atoms with Gasteiger partial charge in [-0.1, -0.05) is 0 Å². The quantitative estimate of drug-likeness (QED) is 0.827. The molecule has 0 fully saturated rings. The first-order valence-electron chi connectivity index (χ1n) is 4.60. The third kappa shape index (κ3) is 1.74. The van der Waals surface area contributed by atoms with E-state index in [2.05, 4.69) is 5.10 Å². The molecule has 1 heterocycles. The molecule has 0 saturated carbocycles. The summed E-state index contributed by atoms with van der Waals surface area (Å²) in [7, 11) is 1.45. The highest BCUT2D eigenvalue weighted by Crippen LogP contribution is 2.18. The Hall–Kier alpha value is -1.27. The van der Waals surface area contributed by atoms with Crippen molar-refractivity contribution in [3.05, 3.63) is 28.6 Å². The van der Waals surface area contributed by atoms with E-state index in [0.717, 1.165) is 0 Å². The molecule has 2 aromatic rings. The Morgan fingerprint density at radius 1 is 1.44 bits per heavy atom. The van der Waals surface area contributed by atoms with Crippen LogP contribution in [-0.4, -0.2) is 18.2 Å². The Morgan fingerprint density at radius 2 is 2.12 bits per heavy atom. The van der Waals surface area contributed by atoms with Crippen LogP contribution in [0.5, 0.6) is 0 Å². The SMILES string of the molecule is CCn1[nH]c2cc(S(=O)(=O)Cl)ccc2c1=O. The lowest BCUT2D eigenvalue weighted by molar-refractivity contribution is 0.609. The highest BCUT2D eigenvalue weighted by atomic mass is 35.7. The summed E-state index contributed by atoms with van der Waals surface area (Å²) in [6.45, 7) is 2.31. The Morgan fingerprint density at radius 3 is 2.69 bits per heavy atom. The molecule has 5 nitrogen and oxygen atoms in total. The van der Waals surface area contributed by atoms with Gasteiger partial charge in [0.2, 0.25) is 0 Å². The zero-order valence-corrected chi connectivity index (χ0v) is 9.97. The summed E-state index contributed by atoms with van der Waals surface area (Å²) >= 11 is 0. The minimum absolute atomic E-state index is 0.0221. The molecule has 1 aromatic carbocycles. The van der Waals surface area contributed by atoms with Gasteiger partial charge in [0.15, 0.2) is 0 Å². The van der Waals surface area contributed by atoms with Gasteiger partial charge in [-0.05, 0) is 25.1 Å². The van der Waals surface area contributed by atoms with Crippen LogP contribution in [-0.2, 0) is 15.6 Å². The summed E-state index contributed by atoms with van der Waals surface area (Å²) in [6, 6.07) is 4.13. The Balaban J connectivity index is 2.78. The smallest absolute Gasteiger partial charge is 0.274 e. The molecule has 7 heteroatoms. The second-order valence-electron chi connectivity index (χ2n) is 3.31. The molecule has 1 N–H and O–H groups in total. The van der Waals surface area contributed by atoms with Crippen molar-refractivity contribution < 1.29 is 8.42 Å². The third-order valence-electron chi connectivity index (χ3n) is 2.32. The van der Waals surface area contributed by atoms with Gasteiger partial charge in [-0.25, -0.2) is 8.42 Å². The fraction of sp³-hybridized carbons (Fsp3) is 0.222. The minimum atomic E-state index is -3.76. The summed E-state index contributed by atoms with van der Waals surface area (Å²) in [5, 5.41) is 3.26.